The Hall–Kier alpha value is -2.38. The Morgan fingerprint density at radius 3 is 2.47 bits per heavy atom. The minimum atomic E-state index is -0.830. The van der Waals surface area contributed by atoms with Crippen molar-refractivity contribution in [3.63, 3.8) is 0 Å². The van der Waals surface area contributed by atoms with Gasteiger partial charge in [0.05, 0.1) is 17.7 Å². The van der Waals surface area contributed by atoms with E-state index in [4.69, 9.17) is 10.00 Å². The Morgan fingerprint density at radius 1 is 1.21 bits per heavy atom. The third kappa shape index (κ3) is 3.09. The molecule has 0 aliphatic rings. The van der Waals surface area contributed by atoms with Gasteiger partial charge in [0.25, 0.3) is 0 Å². The molecule has 0 unspecified atom stereocenters. The van der Waals surface area contributed by atoms with Crippen LogP contribution in [0.1, 0.15) is 24.2 Å². The van der Waals surface area contributed by atoms with Crippen molar-refractivity contribution in [2.24, 2.45) is 0 Å². The van der Waals surface area contributed by atoms with E-state index in [0.29, 0.717) is 22.6 Å². The number of aliphatic hydroxyl groups is 1. The molecule has 0 spiro atoms. The van der Waals surface area contributed by atoms with E-state index < -0.39 is 11.9 Å². The van der Waals surface area contributed by atoms with Gasteiger partial charge in [0.1, 0.15) is 17.3 Å². The van der Waals surface area contributed by atoms with Crippen molar-refractivity contribution in [3.8, 4) is 17.6 Å². The van der Waals surface area contributed by atoms with Crippen LogP contribution in [-0.2, 0) is 0 Å². The van der Waals surface area contributed by atoms with Crippen molar-refractivity contribution in [2.75, 3.05) is 0 Å². The number of aliphatic hydroxyl groups excluding tert-OH is 1. The van der Waals surface area contributed by atoms with Crippen LogP contribution in [0.25, 0.3) is 0 Å². The maximum atomic E-state index is 13.1. The molecule has 2 aromatic carbocycles. The van der Waals surface area contributed by atoms with Gasteiger partial charge < -0.3 is 9.84 Å². The van der Waals surface area contributed by atoms with E-state index in [2.05, 4.69) is 0 Å². The molecule has 2 rings (SSSR count). The Labute approximate surface area is 110 Å². The summed E-state index contributed by atoms with van der Waals surface area (Å²) in [4.78, 5) is 0. The van der Waals surface area contributed by atoms with E-state index in [1.54, 1.807) is 31.2 Å². The highest BCUT2D eigenvalue weighted by Gasteiger charge is 2.11. The minimum absolute atomic E-state index is 0.379. The summed E-state index contributed by atoms with van der Waals surface area (Å²) >= 11 is 0. The molecule has 19 heavy (non-hydrogen) atoms. The number of benzene rings is 2. The number of ether oxygens (including phenoxy) is 1. The third-order valence-electron chi connectivity index (χ3n) is 2.63. The maximum Gasteiger partial charge on any atom is 0.133 e. The zero-order valence-electron chi connectivity index (χ0n) is 10.3. The van der Waals surface area contributed by atoms with Crippen molar-refractivity contribution in [1.82, 2.24) is 0 Å². The summed E-state index contributed by atoms with van der Waals surface area (Å²) in [5, 5.41) is 18.3. The number of nitrogens with zero attached hydrogens (tertiary/aromatic N) is 1. The third-order valence-corrected chi connectivity index (χ3v) is 2.63. The molecular formula is C15H12FNO2. The molecule has 0 aromatic heterocycles. The van der Waals surface area contributed by atoms with E-state index in [9.17, 15) is 9.50 Å². The van der Waals surface area contributed by atoms with Crippen LogP contribution in [0.3, 0.4) is 0 Å². The molecule has 0 radical (unpaired) electrons. The lowest BCUT2D eigenvalue weighted by Crippen LogP contribution is -1.97. The van der Waals surface area contributed by atoms with E-state index in [-0.39, 0.29) is 0 Å². The number of nitriles is 1. The highest BCUT2D eigenvalue weighted by molar-refractivity contribution is 5.41. The number of halogens is 1. The van der Waals surface area contributed by atoms with Gasteiger partial charge in [0.2, 0.25) is 0 Å². The molecule has 1 atom stereocenters. The molecule has 0 aliphatic heterocycles. The first-order chi connectivity index (χ1) is 9.10. The molecule has 0 heterocycles. The highest BCUT2D eigenvalue weighted by Crippen LogP contribution is 2.30. The monoisotopic (exact) mass is 257 g/mol. The van der Waals surface area contributed by atoms with Crippen LogP contribution in [0.4, 0.5) is 4.39 Å². The minimum Gasteiger partial charge on any atom is -0.457 e. The number of hydrogen-bond acceptors (Lipinski definition) is 3. The quantitative estimate of drug-likeness (QED) is 0.914. The van der Waals surface area contributed by atoms with Crippen molar-refractivity contribution in [1.29, 1.82) is 5.26 Å². The van der Waals surface area contributed by atoms with Crippen LogP contribution < -0.4 is 4.74 Å². The molecule has 0 amide bonds. The molecule has 96 valence electrons. The summed E-state index contributed by atoms with van der Waals surface area (Å²) in [6, 6.07) is 12.5. The lowest BCUT2D eigenvalue weighted by molar-refractivity contribution is 0.195. The van der Waals surface area contributed by atoms with Crippen LogP contribution in [0, 0.1) is 17.1 Å². The summed E-state index contributed by atoms with van der Waals surface area (Å²) in [6.45, 7) is 1.54. The van der Waals surface area contributed by atoms with E-state index in [1.165, 1.54) is 18.2 Å². The lowest BCUT2D eigenvalue weighted by atomic mass is 10.1. The Balaban J connectivity index is 2.30. The van der Waals surface area contributed by atoms with Gasteiger partial charge in [-0.3, -0.25) is 0 Å². The van der Waals surface area contributed by atoms with Gasteiger partial charge in [0.15, 0.2) is 0 Å². The van der Waals surface area contributed by atoms with Gasteiger partial charge in [0, 0.05) is 5.56 Å². The Kier molecular flexibility index (Phi) is 3.79. The van der Waals surface area contributed by atoms with Crippen LogP contribution in [0.15, 0.2) is 42.5 Å². The molecule has 0 aliphatic carbocycles. The fourth-order valence-corrected chi connectivity index (χ4v) is 1.66. The summed E-state index contributed by atoms with van der Waals surface area (Å²) in [5.41, 5.74) is 0.909. The first kappa shape index (κ1) is 13.1. The average Bonchev–Trinajstić information content (AvgIpc) is 2.41. The lowest BCUT2D eigenvalue weighted by Gasteiger charge is -2.13. The van der Waals surface area contributed by atoms with E-state index in [0.717, 1.165) is 0 Å². The van der Waals surface area contributed by atoms with E-state index >= 15 is 0 Å². The summed E-state index contributed by atoms with van der Waals surface area (Å²) < 4.78 is 18.7. The van der Waals surface area contributed by atoms with Crippen molar-refractivity contribution >= 4 is 0 Å². The molecule has 0 fully saturated rings. The maximum absolute atomic E-state index is 13.1. The normalized spacial score (nSPS) is 11.7. The number of hydrogen-bond donors (Lipinski definition) is 1. The second kappa shape index (κ2) is 5.51. The fourth-order valence-electron chi connectivity index (χ4n) is 1.66. The van der Waals surface area contributed by atoms with Gasteiger partial charge in [-0.1, -0.05) is 0 Å². The van der Waals surface area contributed by atoms with Gasteiger partial charge in [-0.05, 0) is 49.4 Å². The molecule has 2 aromatic rings. The van der Waals surface area contributed by atoms with Crippen molar-refractivity contribution in [3.05, 3.63) is 59.4 Å². The fraction of sp³-hybridized carbons (Fsp3) is 0.133. The zero-order valence-corrected chi connectivity index (χ0v) is 10.3. The number of rotatable bonds is 3. The smallest absolute Gasteiger partial charge is 0.133 e. The van der Waals surface area contributed by atoms with Crippen molar-refractivity contribution < 1.29 is 14.2 Å². The summed E-state index contributed by atoms with van der Waals surface area (Å²) in [7, 11) is 0. The first-order valence-corrected chi connectivity index (χ1v) is 5.75. The molecule has 0 saturated carbocycles. The van der Waals surface area contributed by atoms with Crippen LogP contribution in [-0.4, -0.2) is 5.11 Å². The molecular weight excluding hydrogens is 245 g/mol. The zero-order chi connectivity index (χ0) is 13.8. The Morgan fingerprint density at radius 2 is 1.89 bits per heavy atom. The molecule has 0 bridgehead atoms. The largest absolute Gasteiger partial charge is 0.457 e. The van der Waals surface area contributed by atoms with Gasteiger partial charge in [-0.25, -0.2) is 4.39 Å². The molecule has 1 N–H and O–H groups in total. The molecule has 3 nitrogen and oxygen atoms in total. The second-order valence-electron chi connectivity index (χ2n) is 4.10. The molecule has 0 saturated heterocycles. The van der Waals surface area contributed by atoms with E-state index in [1.807, 2.05) is 6.07 Å². The summed E-state index contributed by atoms with van der Waals surface area (Å²) in [6.07, 6.45) is -0.830. The van der Waals surface area contributed by atoms with Crippen LogP contribution in [0.5, 0.6) is 11.5 Å². The van der Waals surface area contributed by atoms with Crippen molar-refractivity contribution in [2.45, 2.75) is 13.0 Å². The average molecular weight is 257 g/mol. The van der Waals surface area contributed by atoms with Gasteiger partial charge in [-0.15, -0.1) is 0 Å². The highest BCUT2D eigenvalue weighted by atomic mass is 19.1. The van der Waals surface area contributed by atoms with Crippen LogP contribution >= 0.6 is 0 Å². The predicted octanol–water partition coefficient (Wildman–Crippen LogP) is 3.54. The van der Waals surface area contributed by atoms with Gasteiger partial charge in [-0.2, -0.15) is 5.26 Å². The standard InChI is InChI=1S/C15H12FNO2/c1-10(18)14-8-12(16)4-7-15(14)19-13-5-2-11(9-17)3-6-13/h2-8,10,18H,1H3/t10-/m1/s1. The molecule has 4 heteroatoms. The topological polar surface area (TPSA) is 53.2 Å². The van der Waals surface area contributed by atoms with Crippen LogP contribution in [0.2, 0.25) is 0 Å². The SMILES string of the molecule is C[C@@H](O)c1cc(F)ccc1Oc1ccc(C#N)cc1. The summed E-state index contributed by atoms with van der Waals surface area (Å²) in [5.74, 6) is 0.483. The van der Waals surface area contributed by atoms with Gasteiger partial charge >= 0.3 is 0 Å². The first-order valence-electron chi connectivity index (χ1n) is 5.75. The predicted molar refractivity (Wildman–Crippen MR) is 68.3 cm³/mol. The second-order valence-corrected chi connectivity index (χ2v) is 4.10. The Bertz CT molecular complexity index is 615.